The third-order valence-electron chi connectivity index (χ3n) is 3.22. The zero-order valence-electron chi connectivity index (χ0n) is 17.5. The molecule has 0 spiro atoms. The van der Waals surface area contributed by atoms with Crippen LogP contribution in [-0.2, 0) is 38.1 Å². The van der Waals surface area contributed by atoms with Crippen LogP contribution < -0.4 is 0 Å². The molecule has 8 nitrogen and oxygen atoms in total. The molecule has 0 N–H and O–H groups in total. The van der Waals surface area contributed by atoms with Gasteiger partial charge in [-0.3, -0.25) is 0 Å². The van der Waals surface area contributed by atoms with Gasteiger partial charge in [0.15, 0.2) is 0 Å². The van der Waals surface area contributed by atoms with E-state index in [2.05, 4.69) is 26.3 Å². The molecule has 0 bridgehead atoms. The summed E-state index contributed by atoms with van der Waals surface area (Å²) in [5.41, 5.74) is 0. The molecule has 0 saturated heterocycles. The van der Waals surface area contributed by atoms with E-state index in [4.69, 9.17) is 18.9 Å². The summed E-state index contributed by atoms with van der Waals surface area (Å²) >= 11 is 0. The molecule has 0 saturated carbocycles. The maximum absolute atomic E-state index is 10.6. The summed E-state index contributed by atoms with van der Waals surface area (Å²) < 4.78 is 19.0. The van der Waals surface area contributed by atoms with Crippen LogP contribution in [0.15, 0.2) is 50.6 Å². The Morgan fingerprint density at radius 3 is 0.833 bits per heavy atom. The summed E-state index contributed by atoms with van der Waals surface area (Å²) in [7, 11) is 0. The van der Waals surface area contributed by atoms with E-state index in [9.17, 15) is 19.2 Å². The molecule has 8 heteroatoms. The summed E-state index contributed by atoms with van der Waals surface area (Å²) in [6, 6.07) is 0. The minimum Gasteiger partial charge on any atom is -0.463 e. The average Bonchev–Trinajstić information content (AvgIpc) is 2.77. The van der Waals surface area contributed by atoms with Gasteiger partial charge in [-0.05, 0) is 38.5 Å². The first-order valence-electron chi connectivity index (χ1n) is 9.58. The fourth-order valence-corrected chi connectivity index (χ4v) is 1.69. The van der Waals surface area contributed by atoms with Crippen LogP contribution in [0.25, 0.3) is 0 Å². The van der Waals surface area contributed by atoms with E-state index in [1.807, 2.05) is 0 Å². The van der Waals surface area contributed by atoms with Crippen molar-refractivity contribution in [2.75, 3.05) is 26.4 Å². The minimum absolute atomic E-state index is 0.316. The van der Waals surface area contributed by atoms with Gasteiger partial charge in [0.25, 0.3) is 0 Å². The van der Waals surface area contributed by atoms with Gasteiger partial charge in [0.1, 0.15) is 0 Å². The van der Waals surface area contributed by atoms with Crippen LogP contribution in [0, 0.1) is 0 Å². The van der Waals surface area contributed by atoms with Crippen molar-refractivity contribution in [3.05, 3.63) is 50.6 Å². The summed E-state index contributed by atoms with van der Waals surface area (Å²) in [6.07, 6.45) is 9.34. The van der Waals surface area contributed by atoms with E-state index >= 15 is 0 Å². The predicted octanol–water partition coefficient (Wildman–Crippen LogP) is 3.23. The molecule has 0 atom stereocenters. The van der Waals surface area contributed by atoms with Gasteiger partial charge in [-0.25, -0.2) is 19.2 Å². The molecule has 0 fully saturated rings. The summed E-state index contributed by atoms with van der Waals surface area (Å²) in [5.74, 6) is -1.65. The van der Waals surface area contributed by atoms with Crippen LogP contribution in [0.3, 0.4) is 0 Å². The Bertz CT molecular complexity index is 515. The third kappa shape index (κ3) is 22.9. The molecule has 0 aliphatic carbocycles. The van der Waals surface area contributed by atoms with Crippen molar-refractivity contribution in [3.8, 4) is 0 Å². The normalized spacial score (nSPS) is 9.07. The smallest absolute Gasteiger partial charge is 0.330 e. The highest BCUT2D eigenvalue weighted by Gasteiger charge is 1.98. The largest absolute Gasteiger partial charge is 0.463 e. The lowest BCUT2D eigenvalue weighted by molar-refractivity contribution is -0.140. The summed E-state index contributed by atoms with van der Waals surface area (Å²) in [6.45, 7) is 14.6. The highest BCUT2D eigenvalue weighted by molar-refractivity contribution is 5.82. The zero-order chi connectivity index (χ0) is 23.0. The van der Waals surface area contributed by atoms with E-state index in [0.29, 0.717) is 39.3 Å². The van der Waals surface area contributed by atoms with Gasteiger partial charge in [-0.15, -0.1) is 0 Å². The lowest BCUT2D eigenvalue weighted by atomic mass is 10.2. The molecule has 0 aromatic carbocycles. The number of ether oxygens (including phenoxy) is 4. The lowest BCUT2D eigenvalue weighted by Gasteiger charge is -2.03. The maximum Gasteiger partial charge on any atom is 0.330 e. The van der Waals surface area contributed by atoms with Crippen LogP contribution in [0.5, 0.6) is 0 Å². The molecule has 30 heavy (non-hydrogen) atoms. The van der Waals surface area contributed by atoms with Crippen molar-refractivity contribution in [1.29, 1.82) is 0 Å². The van der Waals surface area contributed by atoms with Crippen LogP contribution in [0.2, 0.25) is 0 Å². The van der Waals surface area contributed by atoms with E-state index in [1.165, 1.54) is 0 Å². The van der Waals surface area contributed by atoms with Gasteiger partial charge in [0, 0.05) is 24.3 Å². The van der Waals surface area contributed by atoms with E-state index in [1.54, 1.807) is 0 Å². The summed E-state index contributed by atoms with van der Waals surface area (Å²) in [4.78, 5) is 42.4. The van der Waals surface area contributed by atoms with Crippen molar-refractivity contribution in [3.63, 3.8) is 0 Å². The Morgan fingerprint density at radius 2 is 0.633 bits per heavy atom. The second-order valence-corrected chi connectivity index (χ2v) is 5.61. The molecular weight excluding hydrogens is 392 g/mol. The molecule has 168 valence electrons. The molecule has 0 rings (SSSR count). The van der Waals surface area contributed by atoms with Crippen LogP contribution in [0.4, 0.5) is 0 Å². The van der Waals surface area contributed by atoms with Crippen molar-refractivity contribution < 1.29 is 38.1 Å². The molecule has 0 amide bonds. The van der Waals surface area contributed by atoms with E-state index in [0.717, 1.165) is 50.0 Å². The molecule has 0 aromatic rings. The number of rotatable bonds is 16. The Balaban J connectivity index is 0. The lowest BCUT2D eigenvalue weighted by Crippen LogP contribution is -2.05. The van der Waals surface area contributed by atoms with Crippen molar-refractivity contribution in [2.45, 2.75) is 38.5 Å². The molecular formula is C22H32O8. The van der Waals surface area contributed by atoms with Crippen LogP contribution >= 0.6 is 0 Å². The molecule has 0 aliphatic heterocycles. The number of hydrogen-bond donors (Lipinski definition) is 0. The number of esters is 4. The fourth-order valence-electron chi connectivity index (χ4n) is 1.69. The SMILES string of the molecule is C=CC(=O)OCCCCCCOC(=O)C=C.C=CC(=O)OCCCCOC(=O)C=C. The van der Waals surface area contributed by atoms with Gasteiger partial charge < -0.3 is 18.9 Å². The molecule has 0 aromatic heterocycles. The quantitative estimate of drug-likeness (QED) is 0.161. The van der Waals surface area contributed by atoms with Gasteiger partial charge in [0.05, 0.1) is 26.4 Å². The first-order chi connectivity index (χ1) is 14.4. The molecule has 0 heterocycles. The Labute approximate surface area is 178 Å². The third-order valence-corrected chi connectivity index (χ3v) is 3.22. The van der Waals surface area contributed by atoms with Crippen LogP contribution in [0.1, 0.15) is 38.5 Å². The maximum atomic E-state index is 10.6. The number of unbranched alkanes of at least 4 members (excludes halogenated alkanes) is 4. The minimum atomic E-state index is -0.437. The van der Waals surface area contributed by atoms with E-state index < -0.39 is 11.9 Å². The van der Waals surface area contributed by atoms with Gasteiger partial charge in [-0.2, -0.15) is 0 Å². The first kappa shape index (κ1) is 29.0. The Hall–Kier alpha value is -3.16. The first-order valence-corrected chi connectivity index (χ1v) is 9.58. The van der Waals surface area contributed by atoms with Gasteiger partial charge in [-0.1, -0.05) is 26.3 Å². The highest BCUT2D eigenvalue weighted by Crippen LogP contribution is 2.01. The predicted molar refractivity (Wildman–Crippen MR) is 112 cm³/mol. The molecule has 0 unspecified atom stereocenters. The van der Waals surface area contributed by atoms with Crippen molar-refractivity contribution in [2.24, 2.45) is 0 Å². The van der Waals surface area contributed by atoms with Gasteiger partial charge >= 0.3 is 23.9 Å². The topological polar surface area (TPSA) is 105 Å². The van der Waals surface area contributed by atoms with E-state index in [-0.39, 0.29) is 11.9 Å². The Kier molecular flexibility index (Phi) is 21.4. The van der Waals surface area contributed by atoms with Gasteiger partial charge in [0.2, 0.25) is 0 Å². The molecule has 0 radical (unpaired) electrons. The monoisotopic (exact) mass is 424 g/mol. The van der Waals surface area contributed by atoms with Crippen LogP contribution in [-0.4, -0.2) is 50.3 Å². The second kappa shape index (κ2) is 22.1. The number of hydrogen-bond acceptors (Lipinski definition) is 8. The second-order valence-electron chi connectivity index (χ2n) is 5.61. The average molecular weight is 424 g/mol. The fraction of sp³-hybridized carbons (Fsp3) is 0.455. The highest BCUT2D eigenvalue weighted by atomic mass is 16.5. The summed E-state index contributed by atoms with van der Waals surface area (Å²) in [5, 5.41) is 0. The van der Waals surface area contributed by atoms with Crippen molar-refractivity contribution >= 4 is 23.9 Å². The Morgan fingerprint density at radius 1 is 0.433 bits per heavy atom. The standard InChI is InChI=1S/C12H18O4.C10H14O4/c1-3-11(13)15-9-7-5-6-8-10-16-12(14)4-2;1-3-9(11)13-7-5-6-8-14-10(12)4-2/h3-4H,1-2,5-10H2;3-4H,1-2,5-8H2. The van der Waals surface area contributed by atoms with Crippen molar-refractivity contribution in [1.82, 2.24) is 0 Å². The number of carbonyl (C=O) groups excluding carboxylic acids is 4. The molecule has 0 aliphatic rings. The zero-order valence-corrected chi connectivity index (χ0v) is 17.5. The number of carbonyl (C=O) groups is 4.